The number of carbonyl (C=O) groups is 2. The summed E-state index contributed by atoms with van der Waals surface area (Å²) in [6.07, 6.45) is 0.761. The van der Waals surface area contributed by atoms with Crippen molar-refractivity contribution in [1.82, 2.24) is 4.98 Å². The summed E-state index contributed by atoms with van der Waals surface area (Å²) in [6, 6.07) is 15.3. The van der Waals surface area contributed by atoms with Gasteiger partial charge in [0.25, 0.3) is 0 Å². The molecule has 0 aliphatic carbocycles. The van der Waals surface area contributed by atoms with E-state index in [2.05, 4.69) is 4.98 Å². The second-order valence-electron chi connectivity index (χ2n) is 6.34. The van der Waals surface area contributed by atoms with Gasteiger partial charge in [-0.3, -0.25) is 9.59 Å². The van der Waals surface area contributed by atoms with Gasteiger partial charge in [0.1, 0.15) is 0 Å². The first kappa shape index (κ1) is 23.6. The van der Waals surface area contributed by atoms with Crippen molar-refractivity contribution in [2.45, 2.75) is 33.7 Å². The molecule has 2 aromatic carbocycles. The molecule has 0 spiro atoms. The summed E-state index contributed by atoms with van der Waals surface area (Å²) in [6.45, 7) is 6.71. The van der Waals surface area contributed by atoms with Crippen LogP contribution in [0.1, 0.15) is 41.1 Å². The first-order valence-corrected chi connectivity index (χ1v) is 10.9. The van der Waals surface area contributed by atoms with Gasteiger partial charge in [0, 0.05) is 23.7 Å². The number of benzene rings is 2. The molecule has 0 aliphatic heterocycles. The van der Waals surface area contributed by atoms with E-state index in [0.29, 0.717) is 33.8 Å². The lowest BCUT2D eigenvalue weighted by Crippen LogP contribution is -2.25. The number of anilines is 1. The van der Waals surface area contributed by atoms with Crippen molar-refractivity contribution < 1.29 is 14.7 Å². The Hall–Kier alpha value is -2.70. The summed E-state index contributed by atoms with van der Waals surface area (Å²) in [5.74, 6) is -0.879. The number of aldehydes is 1. The molecule has 30 heavy (non-hydrogen) atoms. The molecule has 3 rings (SSSR count). The molecular weight excluding hydrogens is 420 g/mol. The summed E-state index contributed by atoms with van der Waals surface area (Å²) < 4.78 is 0. The molecule has 1 heterocycles. The van der Waals surface area contributed by atoms with E-state index >= 15 is 0 Å². The molecule has 0 unspecified atom stereocenters. The van der Waals surface area contributed by atoms with E-state index in [4.69, 9.17) is 16.7 Å². The van der Waals surface area contributed by atoms with Gasteiger partial charge in [-0.05, 0) is 24.1 Å². The van der Waals surface area contributed by atoms with Crippen LogP contribution in [0.3, 0.4) is 0 Å². The zero-order valence-corrected chi connectivity index (χ0v) is 18.8. The SMILES string of the molecule is CC.Cc1ccc(-c2nc(N(CCC(=O)O)Cc3ccccc3)sc2C=O)cc1Cl. The van der Waals surface area contributed by atoms with Gasteiger partial charge in [0.15, 0.2) is 11.4 Å². The van der Waals surface area contributed by atoms with E-state index in [-0.39, 0.29) is 6.42 Å². The summed E-state index contributed by atoms with van der Waals surface area (Å²) in [7, 11) is 0. The molecule has 0 atom stereocenters. The zero-order chi connectivity index (χ0) is 22.1. The lowest BCUT2D eigenvalue weighted by atomic mass is 10.1. The maximum atomic E-state index is 11.6. The predicted octanol–water partition coefficient (Wildman–Crippen LogP) is 6.09. The monoisotopic (exact) mass is 444 g/mol. The van der Waals surface area contributed by atoms with E-state index in [9.17, 15) is 9.59 Å². The molecule has 0 fully saturated rings. The maximum Gasteiger partial charge on any atom is 0.305 e. The Morgan fingerprint density at radius 2 is 1.90 bits per heavy atom. The molecule has 7 heteroatoms. The molecule has 0 saturated heterocycles. The van der Waals surface area contributed by atoms with Gasteiger partial charge < -0.3 is 10.0 Å². The molecule has 5 nitrogen and oxygen atoms in total. The number of carboxylic acids is 1. The highest BCUT2D eigenvalue weighted by atomic mass is 35.5. The van der Waals surface area contributed by atoms with Crippen LogP contribution in [0.4, 0.5) is 5.13 Å². The molecule has 0 amide bonds. The number of aromatic nitrogens is 1. The number of aliphatic carboxylic acids is 1. The molecule has 0 aliphatic rings. The number of rotatable bonds is 8. The Morgan fingerprint density at radius 3 is 2.50 bits per heavy atom. The van der Waals surface area contributed by atoms with Crippen LogP contribution in [0.15, 0.2) is 48.5 Å². The number of thiazole rings is 1. The quantitative estimate of drug-likeness (QED) is 0.425. The first-order chi connectivity index (χ1) is 14.5. The lowest BCUT2D eigenvalue weighted by molar-refractivity contribution is -0.136. The van der Waals surface area contributed by atoms with Gasteiger partial charge in [-0.1, -0.05) is 79.2 Å². The summed E-state index contributed by atoms with van der Waals surface area (Å²) in [5.41, 5.74) is 3.31. The minimum Gasteiger partial charge on any atom is -0.481 e. The van der Waals surface area contributed by atoms with Gasteiger partial charge >= 0.3 is 5.97 Å². The van der Waals surface area contributed by atoms with Crippen molar-refractivity contribution in [3.63, 3.8) is 0 Å². The average Bonchev–Trinajstić information content (AvgIpc) is 3.19. The van der Waals surface area contributed by atoms with Crippen LogP contribution in [0.25, 0.3) is 11.3 Å². The van der Waals surface area contributed by atoms with Gasteiger partial charge in [-0.2, -0.15) is 0 Å². The summed E-state index contributed by atoms with van der Waals surface area (Å²) in [4.78, 5) is 29.8. The molecular formula is C23H25ClN2O3S. The van der Waals surface area contributed by atoms with Gasteiger partial charge in [-0.15, -0.1) is 0 Å². The summed E-state index contributed by atoms with van der Waals surface area (Å²) in [5, 5.41) is 10.3. The molecule has 1 aromatic heterocycles. The largest absolute Gasteiger partial charge is 0.481 e. The van der Waals surface area contributed by atoms with Crippen molar-refractivity contribution in [2.75, 3.05) is 11.4 Å². The van der Waals surface area contributed by atoms with E-state index in [1.165, 1.54) is 11.3 Å². The Labute approximate surface area is 186 Å². The Bertz CT molecular complexity index is 989. The van der Waals surface area contributed by atoms with Gasteiger partial charge in [0.2, 0.25) is 0 Å². The normalized spacial score (nSPS) is 10.1. The summed E-state index contributed by atoms with van der Waals surface area (Å²) >= 11 is 7.49. The van der Waals surface area contributed by atoms with Crippen LogP contribution >= 0.6 is 22.9 Å². The average molecular weight is 445 g/mol. The van der Waals surface area contributed by atoms with Crippen molar-refractivity contribution in [3.8, 4) is 11.3 Å². The number of hydrogen-bond acceptors (Lipinski definition) is 5. The Morgan fingerprint density at radius 1 is 1.20 bits per heavy atom. The molecule has 0 bridgehead atoms. The minimum absolute atomic E-state index is 0.0193. The Kier molecular flexibility index (Phi) is 9.02. The van der Waals surface area contributed by atoms with Crippen molar-refractivity contribution in [3.05, 3.63) is 69.6 Å². The van der Waals surface area contributed by atoms with E-state index in [1.54, 1.807) is 6.07 Å². The zero-order valence-electron chi connectivity index (χ0n) is 17.3. The second-order valence-corrected chi connectivity index (χ2v) is 7.76. The smallest absolute Gasteiger partial charge is 0.305 e. The number of carbonyl (C=O) groups excluding carboxylic acids is 1. The van der Waals surface area contributed by atoms with Gasteiger partial charge in [0.05, 0.1) is 17.0 Å². The van der Waals surface area contributed by atoms with Gasteiger partial charge in [-0.25, -0.2) is 4.98 Å². The van der Waals surface area contributed by atoms with Crippen molar-refractivity contribution in [1.29, 1.82) is 0 Å². The topological polar surface area (TPSA) is 70.5 Å². The third-order valence-corrected chi connectivity index (χ3v) is 5.73. The van der Waals surface area contributed by atoms with Crippen LogP contribution in [0.5, 0.6) is 0 Å². The fourth-order valence-electron chi connectivity index (χ4n) is 2.76. The number of carboxylic acid groups (broad SMARTS) is 1. The third-order valence-electron chi connectivity index (χ3n) is 4.28. The second kappa shape index (κ2) is 11.5. The number of aryl methyl sites for hydroxylation is 1. The van der Waals surface area contributed by atoms with Crippen molar-refractivity contribution >= 4 is 40.3 Å². The number of halogens is 1. The van der Waals surface area contributed by atoms with E-state index < -0.39 is 5.97 Å². The molecule has 3 aromatic rings. The highest BCUT2D eigenvalue weighted by Gasteiger charge is 2.19. The molecule has 158 valence electrons. The van der Waals surface area contributed by atoms with E-state index in [0.717, 1.165) is 23.0 Å². The fraction of sp³-hybridized carbons (Fsp3) is 0.261. The van der Waals surface area contributed by atoms with Crippen LogP contribution in [0, 0.1) is 6.92 Å². The van der Waals surface area contributed by atoms with Crippen LogP contribution in [0.2, 0.25) is 5.02 Å². The first-order valence-electron chi connectivity index (χ1n) is 9.71. The van der Waals surface area contributed by atoms with E-state index in [1.807, 2.05) is 68.1 Å². The predicted molar refractivity (Wildman–Crippen MR) is 124 cm³/mol. The fourth-order valence-corrected chi connectivity index (χ4v) is 3.87. The van der Waals surface area contributed by atoms with Crippen LogP contribution in [-0.4, -0.2) is 28.9 Å². The Balaban J connectivity index is 0.00000155. The molecule has 0 radical (unpaired) electrons. The number of hydrogen-bond donors (Lipinski definition) is 1. The number of nitrogens with zero attached hydrogens (tertiary/aromatic N) is 2. The minimum atomic E-state index is -0.879. The van der Waals surface area contributed by atoms with Crippen LogP contribution in [-0.2, 0) is 11.3 Å². The molecule has 1 N–H and O–H groups in total. The highest BCUT2D eigenvalue weighted by molar-refractivity contribution is 7.17. The highest BCUT2D eigenvalue weighted by Crippen LogP contribution is 2.34. The third kappa shape index (κ3) is 6.15. The van der Waals surface area contributed by atoms with Crippen molar-refractivity contribution in [2.24, 2.45) is 0 Å². The lowest BCUT2D eigenvalue weighted by Gasteiger charge is -2.21. The molecule has 0 saturated carbocycles. The van der Waals surface area contributed by atoms with Crippen LogP contribution < -0.4 is 4.90 Å². The standard InChI is InChI=1S/C21H19ClN2O3S.C2H6/c1-14-7-8-16(11-17(14)22)20-18(13-25)28-21(23-20)24(10-9-19(26)27)12-15-5-3-2-4-6-15;1-2/h2-8,11,13H,9-10,12H2,1H3,(H,26,27);1-2H3. The maximum absolute atomic E-state index is 11.6.